The molecule has 1 saturated heterocycles. The second-order valence-electron chi connectivity index (χ2n) is 5.88. The molecule has 1 aliphatic carbocycles. The number of rotatable bonds is 6. The Balaban J connectivity index is 1.46. The number of nitrogens with one attached hydrogen (secondary N) is 1. The molecule has 2 heterocycles. The summed E-state index contributed by atoms with van der Waals surface area (Å²) >= 11 is 0. The lowest BCUT2D eigenvalue weighted by atomic mass is 10.3. The van der Waals surface area contributed by atoms with Crippen molar-refractivity contribution in [2.24, 2.45) is 0 Å². The first-order valence-corrected chi connectivity index (χ1v) is 9.21. The first kappa shape index (κ1) is 15.0. The molecule has 0 unspecified atom stereocenters. The van der Waals surface area contributed by atoms with Crippen LogP contribution in [0.4, 0.5) is 0 Å². The van der Waals surface area contributed by atoms with Gasteiger partial charge in [-0.15, -0.1) is 0 Å². The highest BCUT2D eigenvalue weighted by atomic mass is 32.2. The summed E-state index contributed by atoms with van der Waals surface area (Å²) in [6.45, 7) is 3.99. The summed E-state index contributed by atoms with van der Waals surface area (Å²) in [5.74, 6) is 0.843. The van der Waals surface area contributed by atoms with Crippen molar-refractivity contribution >= 4 is 10.0 Å². The molecule has 0 aromatic carbocycles. The van der Waals surface area contributed by atoms with Crippen molar-refractivity contribution < 1.29 is 12.9 Å². The summed E-state index contributed by atoms with van der Waals surface area (Å²) in [6.07, 6.45) is 3.78. The van der Waals surface area contributed by atoms with E-state index < -0.39 is 10.0 Å². The smallest absolute Gasteiger partial charge is 0.211 e. The van der Waals surface area contributed by atoms with E-state index >= 15 is 0 Å². The van der Waals surface area contributed by atoms with Gasteiger partial charge in [-0.3, -0.25) is 4.90 Å². The van der Waals surface area contributed by atoms with Gasteiger partial charge in [-0.05, 0) is 12.8 Å². The van der Waals surface area contributed by atoms with Crippen LogP contribution in [0, 0.1) is 0 Å². The van der Waals surface area contributed by atoms with Crippen LogP contribution in [-0.2, 0) is 23.1 Å². The predicted molar refractivity (Wildman–Crippen MR) is 78.1 cm³/mol. The average Bonchev–Trinajstić information content (AvgIpc) is 3.16. The van der Waals surface area contributed by atoms with E-state index in [-0.39, 0.29) is 0 Å². The Morgan fingerprint density at radius 3 is 2.67 bits per heavy atom. The van der Waals surface area contributed by atoms with Gasteiger partial charge in [0, 0.05) is 44.8 Å². The number of piperazine rings is 1. The molecule has 1 saturated carbocycles. The van der Waals surface area contributed by atoms with Crippen molar-refractivity contribution in [2.75, 3.05) is 32.4 Å². The first-order valence-electron chi connectivity index (χ1n) is 7.36. The lowest BCUT2D eigenvalue weighted by Crippen LogP contribution is -2.47. The van der Waals surface area contributed by atoms with E-state index in [1.165, 1.54) is 23.4 Å². The molecule has 3 rings (SSSR count). The predicted octanol–water partition coefficient (Wildman–Crippen LogP) is 0.00380. The fourth-order valence-electron chi connectivity index (χ4n) is 2.49. The first-order chi connectivity index (χ1) is 10.0. The zero-order valence-electron chi connectivity index (χ0n) is 12.3. The Kier molecular flexibility index (Phi) is 4.30. The largest absolute Gasteiger partial charge is 0.360 e. The highest BCUT2D eigenvalue weighted by Crippen LogP contribution is 2.19. The van der Waals surface area contributed by atoms with E-state index in [0.29, 0.717) is 25.7 Å². The summed E-state index contributed by atoms with van der Waals surface area (Å²) in [4.78, 5) is 2.19. The molecule has 2 aliphatic rings. The molecular formula is C13H22N4O3S. The van der Waals surface area contributed by atoms with Crippen LogP contribution in [0.25, 0.3) is 0 Å². The van der Waals surface area contributed by atoms with Gasteiger partial charge in [0.15, 0.2) is 5.76 Å². The molecule has 0 atom stereocenters. The Morgan fingerprint density at radius 2 is 2.05 bits per heavy atom. The van der Waals surface area contributed by atoms with Crippen molar-refractivity contribution in [3.05, 3.63) is 17.5 Å². The number of hydrogen-bond donors (Lipinski definition) is 1. The third kappa shape index (κ3) is 4.26. The second-order valence-corrected chi connectivity index (χ2v) is 7.86. The summed E-state index contributed by atoms with van der Waals surface area (Å²) < 4.78 is 29.8. The highest BCUT2D eigenvalue weighted by Gasteiger charge is 2.24. The summed E-state index contributed by atoms with van der Waals surface area (Å²) in [5, 5.41) is 7.47. The lowest BCUT2D eigenvalue weighted by molar-refractivity contribution is 0.166. The van der Waals surface area contributed by atoms with Crippen molar-refractivity contribution in [2.45, 2.75) is 32.0 Å². The number of hydrogen-bond acceptors (Lipinski definition) is 6. The molecule has 0 spiro atoms. The lowest BCUT2D eigenvalue weighted by Gasteiger charge is -2.32. The van der Waals surface area contributed by atoms with Gasteiger partial charge >= 0.3 is 0 Å². The SMILES string of the molecule is CS(=O)(=O)N1CCN(Cc2cc(CNC3CC3)no2)CC1. The molecule has 1 N–H and O–H groups in total. The standard InChI is InChI=1S/C13H22N4O3S/c1-21(18,19)17-6-4-16(5-7-17)10-13-8-12(15-20-13)9-14-11-2-3-11/h8,11,14H,2-7,9-10H2,1H3. The Morgan fingerprint density at radius 1 is 1.33 bits per heavy atom. The van der Waals surface area contributed by atoms with E-state index in [1.807, 2.05) is 6.07 Å². The molecule has 21 heavy (non-hydrogen) atoms. The summed E-state index contributed by atoms with van der Waals surface area (Å²) in [7, 11) is -3.07. The molecule has 0 radical (unpaired) electrons. The van der Waals surface area contributed by atoms with Gasteiger partial charge in [-0.2, -0.15) is 4.31 Å². The van der Waals surface area contributed by atoms with Crippen molar-refractivity contribution in [3.63, 3.8) is 0 Å². The van der Waals surface area contributed by atoms with Gasteiger partial charge in [-0.1, -0.05) is 5.16 Å². The fourth-order valence-corrected chi connectivity index (χ4v) is 3.32. The maximum Gasteiger partial charge on any atom is 0.211 e. The molecule has 0 amide bonds. The van der Waals surface area contributed by atoms with Crippen LogP contribution in [0.15, 0.2) is 10.6 Å². The Labute approximate surface area is 125 Å². The van der Waals surface area contributed by atoms with Crippen LogP contribution in [-0.4, -0.2) is 61.3 Å². The summed E-state index contributed by atoms with van der Waals surface area (Å²) in [6, 6.07) is 2.65. The van der Waals surface area contributed by atoms with E-state index in [2.05, 4.69) is 15.4 Å². The molecule has 1 aromatic heterocycles. The quantitative estimate of drug-likeness (QED) is 0.796. The van der Waals surface area contributed by atoms with Gasteiger partial charge in [-0.25, -0.2) is 8.42 Å². The van der Waals surface area contributed by atoms with Crippen LogP contribution in [0.1, 0.15) is 24.3 Å². The van der Waals surface area contributed by atoms with Crippen molar-refractivity contribution in [1.29, 1.82) is 0 Å². The Bertz CT molecular complexity index is 574. The molecule has 1 aromatic rings. The van der Waals surface area contributed by atoms with Crippen LogP contribution in [0.3, 0.4) is 0 Å². The number of aromatic nitrogens is 1. The minimum atomic E-state index is -3.07. The minimum absolute atomic E-state index is 0.545. The molecule has 0 bridgehead atoms. The van der Waals surface area contributed by atoms with E-state index in [9.17, 15) is 8.42 Å². The molecule has 118 valence electrons. The van der Waals surface area contributed by atoms with Gasteiger partial charge in [0.25, 0.3) is 0 Å². The topological polar surface area (TPSA) is 78.7 Å². The van der Waals surface area contributed by atoms with Gasteiger partial charge < -0.3 is 9.84 Å². The molecule has 7 nitrogen and oxygen atoms in total. The fraction of sp³-hybridized carbons (Fsp3) is 0.769. The maximum atomic E-state index is 11.5. The van der Waals surface area contributed by atoms with Crippen LogP contribution >= 0.6 is 0 Å². The summed E-state index contributed by atoms with van der Waals surface area (Å²) in [5.41, 5.74) is 0.937. The van der Waals surface area contributed by atoms with Crippen LogP contribution < -0.4 is 5.32 Å². The van der Waals surface area contributed by atoms with Crippen LogP contribution in [0.5, 0.6) is 0 Å². The van der Waals surface area contributed by atoms with Crippen molar-refractivity contribution in [3.8, 4) is 0 Å². The van der Waals surface area contributed by atoms with E-state index in [4.69, 9.17) is 4.52 Å². The maximum absolute atomic E-state index is 11.5. The second kappa shape index (κ2) is 6.04. The zero-order valence-corrected chi connectivity index (χ0v) is 13.1. The average molecular weight is 314 g/mol. The van der Waals surface area contributed by atoms with Crippen molar-refractivity contribution in [1.82, 2.24) is 19.7 Å². The van der Waals surface area contributed by atoms with Gasteiger partial charge in [0.05, 0.1) is 18.5 Å². The zero-order chi connectivity index (χ0) is 14.9. The van der Waals surface area contributed by atoms with Crippen LogP contribution in [0.2, 0.25) is 0 Å². The number of nitrogens with zero attached hydrogens (tertiary/aromatic N) is 3. The number of sulfonamides is 1. The van der Waals surface area contributed by atoms with Gasteiger partial charge in [0.1, 0.15) is 0 Å². The molecular weight excluding hydrogens is 292 g/mol. The van der Waals surface area contributed by atoms with Gasteiger partial charge in [0.2, 0.25) is 10.0 Å². The monoisotopic (exact) mass is 314 g/mol. The highest BCUT2D eigenvalue weighted by molar-refractivity contribution is 7.88. The third-order valence-electron chi connectivity index (χ3n) is 3.94. The normalized spacial score (nSPS) is 21.8. The minimum Gasteiger partial charge on any atom is -0.360 e. The molecule has 1 aliphatic heterocycles. The Hall–Kier alpha value is -0.960. The van der Waals surface area contributed by atoms with E-state index in [1.54, 1.807) is 0 Å². The molecule has 8 heteroatoms. The third-order valence-corrected chi connectivity index (χ3v) is 5.24. The molecule has 2 fully saturated rings. The van der Waals surface area contributed by atoms with E-state index in [0.717, 1.165) is 31.1 Å².